The van der Waals surface area contributed by atoms with Gasteiger partial charge in [0, 0.05) is 31.4 Å². The third kappa shape index (κ3) is 6.68. The number of amides is 1. The number of rotatable bonds is 9. The van der Waals surface area contributed by atoms with E-state index in [0.29, 0.717) is 0 Å². The Balaban J connectivity index is 1.31. The van der Waals surface area contributed by atoms with E-state index < -0.39 is 30.9 Å². The molecule has 2 fully saturated rings. The summed E-state index contributed by atoms with van der Waals surface area (Å²) in [6.45, 7) is 2.73. The highest BCUT2D eigenvalue weighted by Crippen LogP contribution is 2.26. The molecule has 2 aromatic rings. The molecule has 4 N–H and O–H groups in total. The molecule has 5 atom stereocenters. The van der Waals surface area contributed by atoms with E-state index >= 15 is 0 Å². The minimum absolute atomic E-state index is 0.0322. The Bertz CT molecular complexity index is 940. The van der Waals surface area contributed by atoms with Gasteiger partial charge in [-0.3, -0.25) is 4.79 Å². The van der Waals surface area contributed by atoms with Crippen LogP contribution in [-0.4, -0.2) is 94.4 Å². The van der Waals surface area contributed by atoms with Gasteiger partial charge in [-0.25, -0.2) is 0 Å². The van der Waals surface area contributed by atoms with E-state index in [2.05, 4.69) is 29.2 Å². The first-order valence-corrected chi connectivity index (χ1v) is 12.6. The zero-order chi connectivity index (χ0) is 25.5. The number of aliphatic hydroxyl groups is 4. The van der Waals surface area contributed by atoms with Crippen LogP contribution in [0.15, 0.2) is 60.7 Å². The molecule has 0 radical (unpaired) electrons. The molecule has 0 bridgehead atoms. The summed E-state index contributed by atoms with van der Waals surface area (Å²) in [5.41, 5.74) is 2.15. The fourth-order valence-corrected chi connectivity index (χ4v) is 4.83. The molecule has 2 heterocycles. The molecule has 0 aliphatic carbocycles. The first-order valence-electron chi connectivity index (χ1n) is 12.6. The van der Waals surface area contributed by atoms with E-state index in [0.717, 1.165) is 44.6 Å². The maximum atomic E-state index is 13.3. The van der Waals surface area contributed by atoms with Crippen LogP contribution in [0.2, 0.25) is 0 Å². The summed E-state index contributed by atoms with van der Waals surface area (Å²) in [7, 11) is 0. The number of ether oxygens (including phenoxy) is 2. The lowest BCUT2D eigenvalue weighted by Gasteiger charge is -2.39. The Kier molecular flexibility index (Phi) is 9.44. The fraction of sp³-hybridized carbons (Fsp3) is 0.519. The van der Waals surface area contributed by atoms with Crippen molar-refractivity contribution in [2.75, 3.05) is 31.1 Å². The summed E-state index contributed by atoms with van der Waals surface area (Å²) in [5, 5.41) is 39.2. The smallest absolute Gasteiger partial charge is 0.229 e. The van der Waals surface area contributed by atoms with Gasteiger partial charge < -0.3 is 39.7 Å². The molecule has 0 saturated carbocycles. The largest absolute Gasteiger partial charge is 0.387 e. The van der Waals surface area contributed by atoms with Crippen molar-refractivity contribution in [1.29, 1.82) is 0 Å². The molecule has 2 unspecified atom stereocenters. The van der Waals surface area contributed by atoms with Crippen molar-refractivity contribution in [1.82, 2.24) is 4.90 Å². The number of anilines is 1. The van der Waals surface area contributed by atoms with E-state index in [1.165, 1.54) is 5.56 Å². The second kappa shape index (κ2) is 12.7. The molecular formula is C27H36N2O7. The number of para-hydroxylation sites is 1. The second-order valence-electron chi connectivity index (χ2n) is 9.40. The number of aliphatic hydroxyl groups excluding tert-OH is 4. The van der Waals surface area contributed by atoms with Crippen molar-refractivity contribution in [3.63, 3.8) is 0 Å². The second-order valence-corrected chi connectivity index (χ2v) is 9.40. The van der Waals surface area contributed by atoms with Crippen LogP contribution in [0.5, 0.6) is 0 Å². The average Bonchev–Trinajstić information content (AvgIpc) is 2.91. The van der Waals surface area contributed by atoms with Crippen LogP contribution >= 0.6 is 0 Å². The molecule has 36 heavy (non-hydrogen) atoms. The number of likely N-dealkylation sites (tertiary alicyclic amines) is 1. The fourth-order valence-electron chi connectivity index (χ4n) is 4.83. The molecule has 4 rings (SSSR count). The molecule has 196 valence electrons. The maximum Gasteiger partial charge on any atom is 0.229 e. The first-order chi connectivity index (χ1) is 17.4. The van der Waals surface area contributed by atoms with E-state index in [9.17, 15) is 25.2 Å². The van der Waals surface area contributed by atoms with Crippen LogP contribution < -0.4 is 4.90 Å². The molecule has 2 aliphatic heterocycles. The minimum Gasteiger partial charge on any atom is -0.387 e. The Morgan fingerprint density at radius 3 is 2.22 bits per heavy atom. The van der Waals surface area contributed by atoms with Gasteiger partial charge in [0.05, 0.1) is 13.0 Å². The minimum atomic E-state index is -1.68. The van der Waals surface area contributed by atoms with Crippen LogP contribution in [0.3, 0.4) is 0 Å². The van der Waals surface area contributed by atoms with Gasteiger partial charge in [-0.15, -0.1) is 0 Å². The van der Waals surface area contributed by atoms with Gasteiger partial charge in [-0.1, -0.05) is 48.5 Å². The lowest BCUT2D eigenvalue weighted by molar-refractivity contribution is -0.339. The highest BCUT2D eigenvalue weighted by molar-refractivity contribution is 5.94. The van der Waals surface area contributed by atoms with Crippen molar-refractivity contribution >= 4 is 11.6 Å². The third-order valence-electron chi connectivity index (χ3n) is 6.93. The monoisotopic (exact) mass is 500 g/mol. The van der Waals surface area contributed by atoms with Crippen molar-refractivity contribution < 1.29 is 34.7 Å². The molecule has 2 aromatic carbocycles. The summed E-state index contributed by atoms with van der Waals surface area (Å²) in [5.74, 6) is -0.115. The molecule has 2 saturated heterocycles. The van der Waals surface area contributed by atoms with E-state index in [4.69, 9.17) is 9.47 Å². The quantitative estimate of drug-likeness (QED) is 0.401. The van der Waals surface area contributed by atoms with Gasteiger partial charge in [0.15, 0.2) is 12.6 Å². The summed E-state index contributed by atoms with van der Waals surface area (Å²) < 4.78 is 10.5. The molecule has 1 amide bonds. The highest BCUT2D eigenvalue weighted by Gasteiger charge is 2.43. The van der Waals surface area contributed by atoms with Gasteiger partial charge >= 0.3 is 0 Å². The van der Waals surface area contributed by atoms with Crippen molar-refractivity contribution in [3.05, 3.63) is 66.2 Å². The predicted octanol–water partition coefficient (Wildman–Crippen LogP) is 0.891. The number of piperidine rings is 1. The molecular weight excluding hydrogens is 464 g/mol. The van der Waals surface area contributed by atoms with Gasteiger partial charge in [-0.2, -0.15) is 0 Å². The number of hydrogen-bond acceptors (Lipinski definition) is 8. The zero-order valence-corrected chi connectivity index (χ0v) is 20.3. The Morgan fingerprint density at radius 1 is 0.917 bits per heavy atom. The molecule has 2 aliphatic rings. The Morgan fingerprint density at radius 2 is 1.56 bits per heavy atom. The maximum absolute atomic E-state index is 13.3. The normalized spacial score (nSPS) is 27.6. The van der Waals surface area contributed by atoms with Crippen molar-refractivity contribution in [2.45, 2.75) is 62.6 Å². The lowest BCUT2D eigenvalue weighted by atomic mass is 10.0. The predicted molar refractivity (Wildman–Crippen MR) is 133 cm³/mol. The Labute approximate surface area is 211 Å². The highest BCUT2D eigenvalue weighted by atomic mass is 16.7. The SMILES string of the molecule is O=C(CCO[C@@H]1OC(O)[C@@H](O)[C@H](O)C1O)N(c1ccccc1)C1CCN(CCc2ccccc2)CC1. The van der Waals surface area contributed by atoms with Crippen LogP contribution in [0.1, 0.15) is 24.8 Å². The summed E-state index contributed by atoms with van der Waals surface area (Å²) >= 11 is 0. The van der Waals surface area contributed by atoms with Crippen molar-refractivity contribution in [3.8, 4) is 0 Å². The molecule has 0 aromatic heterocycles. The molecule has 0 spiro atoms. The summed E-state index contributed by atoms with van der Waals surface area (Å²) in [6.07, 6.45) is -5.06. The number of carbonyl (C=O) groups excluding carboxylic acids is 1. The Hall–Kier alpha value is -2.37. The lowest BCUT2D eigenvalue weighted by Crippen LogP contribution is -2.58. The third-order valence-corrected chi connectivity index (χ3v) is 6.93. The number of nitrogens with zero attached hydrogens (tertiary/aromatic N) is 2. The van der Waals surface area contributed by atoms with Gasteiger partial charge in [0.25, 0.3) is 0 Å². The number of hydrogen-bond donors (Lipinski definition) is 4. The van der Waals surface area contributed by atoms with Crippen molar-refractivity contribution in [2.24, 2.45) is 0 Å². The van der Waals surface area contributed by atoms with Crippen LogP contribution in [0.25, 0.3) is 0 Å². The molecule has 9 nitrogen and oxygen atoms in total. The zero-order valence-electron chi connectivity index (χ0n) is 20.3. The van der Waals surface area contributed by atoms with Crippen LogP contribution in [0.4, 0.5) is 5.69 Å². The summed E-state index contributed by atoms with van der Waals surface area (Å²) in [6, 6.07) is 20.0. The first kappa shape index (κ1) is 26.7. The summed E-state index contributed by atoms with van der Waals surface area (Å²) in [4.78, 5) is 17.6. The van der Waals surface area contributed by atoms with Crippen LogP contribution in [-0.2, 0) is 20.7 Å². The van der Waals surface area contributed by atoms with E-state index in [1.54, 1.807) is 0 Å². The topological polar surface area (TPSA) is 123 Å². The van der Waals surface area contributed by atoms with E-state index in [1.807, 2.05) is 41.3 Å². The number of carbonyl (C=O) groups is 1. The van der Waals surface area contributed by atoms with Gasteiger partial charge in [0.2, 0.25) is 5.91 Å². The molecule has 9 heteroatoms. The van der Waals surface area contributed by atoms with Crippen LogP contribution in [0, 0.1) is 0 Å². The number of benzene rings is 2. The standard InChI is InChI=1S/C27H36N2O7/c30-22(14-18-35-27-25(33)23(31)24(32)26(34)36-27)29(20-9-5-2-6-10-20)21-12-16-28(17-13-21)15-11-19-7-3-1-4-8-19/h1-10,21,23-27,31-34H,11-18H2/t23-,24-,25?,26?,27+/m0/s1. The van der Waals surface area contributed by atoms with E-state index in [-0.39, 0.29) is 25.0 Å². The van der Waals surface area contributed by atoms with Gasteiger partial charge in [0.1, 0.15) is 18.3 Å². The van der Waals surface area contributed by atoms with Gasteiger partial charge in [-0.05, 0) is 37.0 Å². The average molecular weight is 501 g/mol.